The van der Waals surface area contributed by atoms with Crippen LogP contribution in [0.4, 0.5) is 0 Å². The molecule has 0 fully saturated rings. The van der Waals surface area contributed by atoms with Crippen molar-refractivity contribution in [2.24, 2.45) is 0 Å². The number of nitrogens with zero attached hydrogens (tertiary/aromatic N) is 1. The second kappa shape index (κ2) is 47.4. The van der Waals surface area contributed by atoms with Crippen molar-refractivity contribution in [2.75, 3.05) is 54.1 Å². The molecule has 0 aliphatic carbocycles. The molecule has 0 radical (unpaired) electrons. The summed E-state index contributed by atoms with van der Waals surface area (Å²) in [5, 5.41) is 0. The molecule has 0 aliphatic heterocycles. The van der Waals surface area contributed by atoms with E-state index in [2.05, 4.69) is 86.8 Å². The van der Waals surface area contributed by atoms with E-state index < -0.39 is 13.9 Å². The van der Waals surface area contributed by atoms with Crippen molar-refractivity contribution in [3.8, 4) is 0 Å². The predicted molar refractivity (Wildman–Crippen MR) is 272 cm³/mol. The smallest absolute Gasteiger partial charge is 0.306 e. The highest BCUT2D eigenvalue weighted by Crippen LogP contribution is 2.38. The van der Waals surface area contributed by atoms with Gasteiger partial charge in [0.05, 0.1) is 34.4 Å². The molecule has 2 unspecified atom stereocenters. The lowest BCUT2D eigenvalue weighted by molar-refractivity contribution is -0.870. The first-order valence-corrected chi connectivity index (χ1v) is 27.6. The van der Waals surface area contributed by atoms with Crippen molar-refractivity contribution >= 4 is 13.8 Å². The highest BCUT2D eigenvalue weighted by Gasteiger charge is 2.20. The van der Waals surface area contributed by atoms with Gasteiger partial charge in [0.25, 0.3) is 7.82 Å². The van der Waals surface area contributed by atoms with Crippen LogP contribution in [0.2, 0.25) is 0 Å². The summed E-state index contributed by atoms with van der Waals surface area (Å²) < 4.78 is 34.7. The van der Waals surface area contributed by atoms with Crippen LogP contribution in [-0.2, 0) is 27.9 Å². The average Bonchev–Trinajstić information content (AvgIpc) is 3.25. The molecule has 0 heterocycles. The molecule has 0 aromatic rings. The Kier molecular flexibility index (Phi) is 45.9. The van der Waals surface area contributed by atoms with E-state index in [1.54, 1.807) is 0 Å². The van der Waals surface area contributed by atoms with Gasteiger partial charge in [0, 0.05) is 13.0 Å². The van der Waals surface area contributed by atoms with E-state index in [9.17, 15) is 14.3 Å². The Bertz CT molecular complexity index is 1250. The molecule has 64 heavy (non-hydrogen) atoms. The van der Waals surface area contributed by atoms with Gasteiger partial charge >= 0.3 is 5.97 Å². The molecule has 0 aromatic carbocycles. The highest BCUT2D eigenvalue weighted by molar-refractivity contribution is 7.45. The van der Waals surface area contributed by atoms with Gasteiger partial charge in [0.15, 0.2) is 0 Å². The van der Waals surface area contributed by atoms with Gasteiger partial charge in [0.1, 0.15) is 19.3 Å². The maximum atomic E-state index is 12.8. The first-order chi connectivity index (χ1) is 31.1. The maximum absolute atomic E-state index is 12.8. The summed E-state index contributed by atoms with van der Waals surface area (Å²) in [6.45, 7) is 5.28. The quantitative estimate of drug-likeness (QED) is 0.0197. The van der Waals surface area contributed by atoms with Crippen molar-refractivity contribution in [3.63, 3.8) is 0 Å². The van der Waals surface area contributed by atoms with Gasteiger partial charge in [-0.15, -0.1) is 0 Å². The molecule has 2 atom stereocenters. The van der Waals surface area contributed by atoms with Crippen molar-refractivity contribution < 1.29 is 37.3 Å². The number of carbonyl (C=O) groups is 1. The Labute approximate surface area is 395 Å². The van der Waals surface area contributed by atoms with Crippen LogP contribution in [0, 0.1) is 0 Å². The van der Waals surface area contributed by atoms with Crippen LogP contribution < -0.4 is 4.89 Å². The van der Waals surface area contributed by atoms with Crippen molar-refractivity contribution in [3.05, 3.63) is 72.9 Å². The molecule has 9 heteroatoms. The molecular weight excluding hydrogens is 818 g/mol. The van der Waals surface area contributed by atoms with Crippen LogP contribution in [-0.4, -0.2) is 70.7 Å². The standard InChI is InChI=1S/C55H100NO7P/c1-6-8-10-12-14-16-18-20-22-24-26-27-28-29-30-32-34-36-38-40-42-44-46-48-55(57)63-54(53-62-64(58,59)61-51-49-56(3,4)5)52-60-50-47-45-43-41-39-37-35-33-31-25-23-21-19-17-15-13-11-9-7-2/h8,10,14,16,20,22,26-27,29-30,34,36,54H,6-7,9,11-13,15,17-19,21,23-25,28,31-33,35,37-53H2,1-5H3/b10-8-,16-14-,22-20-,27-26-,30-29-,36-34-. The second-order valence-electron chi connectivity index (χ2n) is 18.5. The number of phosphoric ester groups is 1. The Morgan fingerprint density at radius 1 is 0.500 bits per heavy atom. The summed E-state index contributed by atoms with van der Waals surface area (Å²) in [4.78, 5) is 25.2. The average molecular weight is 918 g/mol. The maximum Gasteiger partial charge on any atom is 0.306 e. The fraction of sp³-hybridized carbons (Fsp3) is 0.764. The van der Waals surface area contributed by atoms with E-state index in [-0.39, 0.29) is 32.2 Å². The number of likely N-dealkylation sites (N-methyl/N-ethyl adjacent to an activating group) is 1. The molecular formula is C55H100NO7P. The highest BCUT2D eigenvalue weighted by atomic mass is 31.2. The zero-order valence-electron chi connectivity index (χ0n) is 42.2. The number of carbonyl (C=O) groups excluding carboxylic acids is 1. The minimum atomic E-state index is -4.54. The summed E-state index contributed by atoms with van der Waals surface area (Å²) in [6.07, 6.45) is 62.1. The molecule has 372 valence electrons. The van der Waals surface area contributed by atoms with Gasteiger partial charge in [-0.1, -0.05) is 215 Å². The SMILES string of the molecule is CC/C=C\C/C=C\C/C=C\C/C=C\C/C=C\C/C=C\CCCCCCC(=O)OC(COCCCCCCCCCCCCCCCCCCCCC)COP(=O)([O-])OCC[N+](C)(C)C. The van der Waals surface area contributed by atoms with Crippen LogP contribution in [0.15, 0.2) is 72.9 Å². The fourth-order valence-electron chi connectivity index (χ4n) is 7.02. The predicted octanol–water partition coefficient (Wildman–Crippen LogP) is 15.6. The Balaban J connectivity index is 4.20. The first kappa shape index (κ1) is 61.9. The van der Waals surface area contributed by atoms with Crippen LogP contribution in [0.25, 0.3) is 0 Å². The van der Waals surface area contributed by atoms with E-state index in [1.165, 1.54) is 109 Å². The minimum Gasteiger partial charge on any atom is -0.756 e. The van der Waals surface area contributed by atoms with Crippen LogP contribution >= 0.6 is 7.82 Å². The van der Waals surface area contributed by atoms with Crippen molar-refractivity contribution in [1.82, 2.24) is 0 Å². The molecule has 0 saturated carbocycles. The number of esters is 1. The molecule has 0 spiro atoms. The van der Waals surface area contributed by atoms with Crippen LogP contribution in [0.1, 0.15) is 213 Å². The molecule has 0 bridgehead atoms. The molecule has 0 rings (SSSR count). The largest absolute Gasteiger partial charge is 0.756 e. The Morgan fingerprint density at radius 2 is 0.906 bits per heavy atom. The second-order valence-corrected chi connectivity index (χ2v) is 19.9. The fourth-order valence-corrected chi connectivity index (χ4v) is 7.75. The number of hydrogen-bond donors (Lipinski definition) is 0. The monoisotopic (exact) mass is 918 g/mol. The number of unbranched alkanes of at least 4 members (excludes halogenated alkanes) is 22. The lowest BCUT2D eigenvalue weighted by Gasteiger charge is -2.28. The minimum absolute atomic E-state index is 0.0186. The topological polar surface area (TPSA) is 94.1 Å². The van der Waals surface area contributed by atoms with Crippen LogP contribution in [0.3, 0.4) is 0 Å². The molecule has 0 amide bonds. The van der Waals surface area contributed by atoms with Gasteiger partial charge in [0.2, 0.25) is 0 Å². The van der Waals surface area contributed by atoms with Gasteiger partial charge in [-0.05, 0) is 64.2 Å². The zero-order chi connectivity index (χ0) is 46.9. The normalized spacial score (nSPS) is 14.2. The number of rotatable bonds is 48. The molecule has 0 aromatic heterocycles. The van der Waals surface area contributed by atoms with E-state index in [4.69, 9.17) is 18.5 Å². The van der Waals surface area contributed by atoms with Crippen molar-refractivity contribution in [2.45, 2.75) is 219 Å². The van der Waals surface area contributed by atoms with E-state index in [0.29, 0.717) is 17.6 Å². The van der Waals surface area contributed by atoms with Crippen LogP contribution in [0.5, 0.6) is 0 Å². The Morgan fingerprint density at radius 3 is 1.36 bits per heavy atom. The molecule has 0 aliphatic rings. The van der Waals surface area contributed by atoms with Crippen molar-refractivity contribution in [1.29, 1.82) is 0 Å². The summed E-state index contributed by atoms with van der Waals surface area (Å²) in [5.41, 5.74) is 0. The van der Waals surface area contributed by atoms with Gasteiger partial charge in [-0.25, -0.2) is 0 Å². The molecule has 0 saturated heterocycles. The van der Waals surface area contributed by atoms with E-state index in [1.807, 2.05) is 21.1 Å². The third-order valence-corrected chi connectivity index (χ3v) is 12.0. The number of quaternary nitrogens is 1. The van der Waals surface area contributed by atoms with Gasteiger partial charge in [-0.3, -0.25) is 9.36 Å². The van der Waals surface area contributed by atoms with E-state index in [0.717, 1.165) is 83.5 Å². The summed E-state index contributed by atoms with van der Waals surface area (Å²) in [7, 11) is 1.34. The lowest BCUT2D eigenvalue weighted by Crippen LogP contribution is -2.37. The third kappa shape index (κ3) is 50.9. The number of hydrogen-bond acceptors (Lipinski definition) is 7. The zero-order valence-corrected chi connectivity index (χ0v) is 43.1. The summed E-state index contributed by atoms with van der Waals surface area (Å²) in [5.74, 6) is -0.357. The number of ether oxygens (including phenoxy) is 2. The number of allylic oxidation sites excluding steroid dienone is 12. The molecule has 8 nitrogen and oxygen atoms in total. The van der Waals surface area contributed by atoms with E-state index >= 15 is 0 Å². The molecule has 0 N–H and O–H groups in total. The number of phosphoric acid groups is 1. The first-order valence-electron chi connectivity index (χ1n) is 26.2. The lowest BCUT2D eigenvalue weighted by atomic mass is 10.0. The van der Waals surface area contributed by atoms with Gasteiger partial charge in [-0.2, -0.15) is 0 Å². The van der Waals surface area contributed by atoms with Gasteiger partial charge < -0.3 is 27.9 Å². The Hall–Kier alpha value is -2.06. The summed E-state index contributed by atoms with van der Waals surface area (Å²) in [6, 6.07) is 0. The third-order valence-electron chi connectivity index (χ3n) is 11.0. The summed E-state index contributed by atoms with van der Waals surface area (Å²) >= 11 is 0.